The summed E-state index contributed by atoms with van der Waals surface area (Å²) in [4.78, 5) is 0. The number of halogens is 2. The molecule has 3 rings (SSSR count). The van der Waals surface area contributed by atoms with E-state index in [0.717, 1.165) is 22.3 Å². The molecule has 0 radical (unpaired) electrons. The van der Waals surface area contributed by atoms with E-state index >= 15 is 0 Å². The number of allylic oxidation sites excluding steroid dienone is 1. The molecule has 0 amide bonds. The largest absolute Gasteiger partial charge is 0.169 e. The van der Waals surface area contributed by atoms with Gasteiger partial charge in [0.15, 0.2) is 4.33 Å². The van der Waals surface area contributed by atoms with Crippen molar-refractivity contribution in [2.75, 3.05) is 0 Å². The van der Waals surface area contributed by atoms with E-state index in [-0.39, 0.29) is 21.7 Å². The molecule has 0 aliphatic heterocycles. The monoisotopic (exact) mass is 308 g/mol. The molecule has 0 heterocycles. The van der Waals surface area contributed by atoms with E-state index in [1.165, 1.54) is 0 Å². The second-order valence-corrected chi connectivity index (χ2v) is 5.41. The summed E-state index contributed by atoms with van der Waals surface area (Å²) in [6.45, 7) is 0. The number of benzene rings is 2. The molecule has 0 N–H and O–H groups in total. The first-order chi connectivity index (χ1) is 8.19. The molecule has 0 unspecified atom stereocenters. The molecule has 88 valence electrons. The first-order valence-corrected chi connectivity index (χ1v) is 6.20. The molecule has 0 saturated heterocycles. The van der Waals surface area contributed by atoms with Crippen LogP contribution in [0.2, 0.25) is 0 Å². The van der Waals surface area contributed by atoms with Gasteiger partial charge < -0.3 is 0 Å². The maximum absolute atomic E-state index is 6.50. The third kappa shape index (κ3) is 2.19. The summed E-state index contributed by atoms with van der Waals surface area (Å²) in [5.74, 6) is 0. The second-order valence-electron chi connectivity index (χ2n) is 4.09. The summed E-state index contributed by atoms with van der Waals surface area (Å²) in [5, 5.41) is 0. The van der Waals surface area contributed by atoms with Crippen molar-refractivity contribution in [2.45, 2.75) is 4.33 Å². The molecule has 1 aliphatic carbocycles. The zero-order valence-electron chi connectivity index (χ0n) is 9.53. The summed E-state index contributed by atoms with van der Waals surface area (Å²) in [7, 11) is 0. The van der Waals surface area contributed by atoms with Crippen molar-refractivity contribution in [3.05, 3.63) is 71.3 Å². The van der Waals surface area contributed by atoms with Gasteiger partial charge in [0.25, 0.3) is 0 Å². The first kappa shape index (κ1) is 13.9. The average molecular weight is 309 g/mol. The minimum absolute atomic E-state index is 0. The van der Waals surface area contributed by atoms with E-state index in [9.17, 15) is 0 Å². The fourth-order valence-corrected chi connectivity index (χ4v) is 2.85. The Kier molecular flexibility index (Phi) is 4.03. The number of hydrogen-bond acceptors (Lipinski definition) is 0. The van der Waals surface area contributed by atoms with Crippen molar-refractivity contribution in [1.82, 2.24) is 0 Å². The van der Waals surface area contributed by atoms with Crippen molar-refractivity contribution in [3.8, 4) is 0 Å². The molecular formula is C15H10Cl2Ti. The molecule has 0 saturated carbocycles. The standard InChI is InChI=1S/C15H10Cl2.Ti/c16-15(17)13-9-5-4-8-12(13)10-14(15)11-6-2-1-3-7-11;/h1-10H;. The third-order valence-electron chi connectivity index (χ3n) is 3.02. The second kappa shape index (κ2) is 5.23. The Morgan fingerprint density at radius 1 is 0.778 bits per heavy atom. The van der Waals surface area contributed by atoms with Gasteiger partial charge >= 0.3 is 0 Å². The molecule has 3 heteroatoms. The predicted molar refractivity (Wildman–Crippen MR) is 74.1 cm³/mol. The van der Waals surface area contributed by atoms with Crippen molar-refractivity contribution in [3.63, 3.8) is 0 Å². The van der Waals surface area contributed by atoms with Crippen LogP contribution in [-0.2, 0) is 26.1 Å². The molecule has 2 aromatic rings. The van der Waals surface area contributed by atoms with Crippen LogP contribution in [-0.4, -0.2) is 0 Å². The molecular weight excluding hydrogens is 299 g/mol. The molecule has 1 aliphatic rings. The predicted octanol–water partition coefficient (Wildman–Crippen LogP) is 4.87. The Bertz CT molecular complexity index is 588. The molecule has 0 spiro atoms. The fourth-order valence-electron chi connectivity index (χ4n) is 2.18. The van der Waals surface area contributed by atoms with Gasteiger partial charge in [0.1, 0.15) is 0 Å². The number of rotatable bonds is 1. The normalized spacial score (nSPS) is 15.6. The molecule has 0 nitrogen and oxygen atoms in total. The molecule has 0 bridgehead atoms. The summed E-state index contributed by atoms with van der Waals surface area (Å²) in [5.41, 5.74) is 4.06. The van der Waals surface area contributed by atoms with Crippen LogP contribution >= 0.6 is 23.2 Å². The van der Waals surface area contributed by atoms with Crippen molar-refractivity contribution in [2.24, 2.45) is 0 Å². The van der Waals surface area contributed by atoms with Gasteiger partial charge in [-0.15, -0.1) is 0 Å². The Labute approximate surface area is 132 Å². The van der Waals surface area contributed by atoms with Gasteiger partial charge in [0.2, 0.25) is 0 Å². The summed E-state index contributed by atoms with van der Waals surface area (Å²) in [6, 6.07) is 18.0. The molecule has 18 heavy (non-hydrogen) atoms. The van der Waals surface area contributed by atoms with Crippen LogP contribution in [0.4, 0.5) is 0 Å². The maximum Gasteiger partial charge on any atom is 0.169 e. The Morgan fingerprint density at radius 3 is 2.06 bits per heavy atom. The SMILES string of the molecule is ClC1(Cl)C(c2ccccc2)=Cc2ccccc21.[Ti]. The molecule has 0 aromatic heterocycles. The number of alkyl halides is 2. The Hall–Kier alpha value is -0.526. The zero-order chi connectivity index (χ0) is 11.9. The Morgan fingerprint density at radius 2 is 1.39 bits per heavy atom. The van der Waals surface area contributed by atoms with Gasteiger partial charge in [0, 0.05) is 27.3 Å². The van der Waals surface area contributed by atoms with E-state index in [4.69, 9.17) is 23.2 Å². The minimum Gasteiger partial charge on any atom is -0.0909 e. The van der Waals surface area contributed by atoms with E-state index in [1.54, 1.807) is 0 Å². The third-order valence-corrected chi connectivity index (χ3v) is 3.84. The van der Waals surface area contributed by atoms with Gasteiger partial charge in [-0.05, 0) is 22.8 Å². The van der Waals surface area contributed by atoms with Gasteiger partial charge in [0.05, 0.1) is 0 Å². The van der Waals surface area contributed by atoms with E-state index in [1.807, 2.05) is 54.6 Å². The van der Waals surface area contributed by atoms with Crippen LogP contribution in [0, 0.1) is 0 Å². The molecule has 2 aromatic carbocycles. The maximum atomic E-state index is 6.50. The van der Waals surface area contributed by atoms with Gasteiger partial charge in [-0.1, -0.05) is 77.8 Å². The van der Waals surface area contributed by atoms with Crippen molar-refractivity contribution >= 4 is 34.9 Å². The van der Waals surface area contributed by atoms with E-state index in [0.29, 0.717) is 0 Å². The van der Waals surface area contributed by atoms with Crippen LogP contribution in [0.15, 0.2) is 54.6 Å². The average Bonchev–Trinajstić information content (AvgIpc) is 2.63. The summed E-state index contributed by atoms with van der Waals surface area (Å²) >= 11 is 13.0. The van der Waals surface area contributed by atoms with Crippen molar-refractivity contribution < 1.29 is 21.7 Å². The van der Waals surface area contributed by atoms with Gasteiger partial charge in [-0.2, -0.15) is 0 Å². The first-order valence-electron chi connectivity index (χ1n) is 5.44. The van der Waals surface area contributed by atoms with Gasteiger partial charge in [-0.25, -0.2) is 0 Å². The van der Waals surface area contributed by atoms with Crippen LogP contribution in [0.3, 0.4) is 0 Å². The van der Waals surface area contributed by atoms with E-state index < -0.39 is 4.33 Å². The molecule has 0 atom stereocenters. The smallest absolute Gasteiger partial charge is 0.0909 e. The van der Waals surface area contributed by atoms with Crippen LogP contribution < -0.4 is 0 Å². The quantitative estimate of drug-likeness (QED) is 0.521. The number of fused-ring (bicyclic) bond motifs is 1. The summed E-state index contributed by atoms with van der Waals surface area (Å²) < 4.78 is -0.946. The van der Waals surface area contributed by atoms with Crippen LogP contribution in [0.25, 0.3) is 11.6 Å². The number of hydrogen-bond donors (Lipinski definition) is 0. The topological polar surface area (TPSA) is 0 Å². The van der Waals surface area contributed by atoms with Crippen LogP contribution in [0.1, 0.15) is 16.7 Å². The molecule has 0 fully saturated rings. The summed E-state index contributed by atoms with van der Waals surface area (Å²) in [6.07, 6.45) is 2.06. The van der Waals surface area contributed by atoms with Crippen molar-refractivity contribution in [1.29, 1.82) is 0 Å². The Balaban J connectivity index is 0.00000120. The van der Waals surface area contributed by atoms with Gasteiger partial charge in [-0.3, -0.25) is 0 Å². The van der Waals surface area contributed by atoms with Crippen LogP contribution in [0.5, 0.6) is 0 Å². The fraction of sp³-hybridized carbons (Fsp3) is 0.0667. The zero-order valence-corrected chi connectivity index (χ0v) is 12.6. The minimum atomic E-state index is -0.946. The van der Waals surface area contributed by atoms with E-state index in [2.05, 4.69) is 6.08 Å².